The quantitative estimate of drug-likeness (QED) is 0.283. The molecule has 3 aromatic carbocycles. The van der Waals surface area contributed by atoms with Crippen LogP contribution in [0.2, 0.25) is 10.0 Å². The summed E-state index contributed by atoms with van der Waals surface area (Å²) in [6.45, 7) is 0. The fourth-order valence-corrected chi connectivity index (χ4v) is 3.62. The molecule has 3 amide bonds. The summed E-state index contributed by atoms with van der Waals surface area (Å²) >= 11 is 11.9. The van der Waals surface area contributed by atoms with Crippen molar-refractivity contribution in [2.75, 3.05) is 16.1 Å². The summed E-state index contributed by atoms with van der Waals surface area (Å²) in [7, 11) is 0. The van der Waals surface area contributed by atoms with Crippen LogP contribution in [0.3, 0.4) is 0 Å². The molecule has 0 saturated carbocycles. The molecule has 0 bridgehead atoms. The van der Waals surface area contributed by atoms with E-state index in [0.717, 1.165) is 16.8 Å². The molecule has 0 radical (unpaired) electrons. The fraction of sp³-hybridized carbons (Fsp3) is 0.0417. The number of benzene rings is 3. The molecule has 0 aliphatic rings. The fourth-order valence-electron chi connectivity index (χ4n) is 3.32. The minimum atomic E-state index is -4.62. The Hall–Kier alpha value is -4.02. The second kappa shape index (κ2) is 9.92. The van der Waals surface area contributed by atoms with Crippen LogP contribution in [0.5, 0.6) is 0 Å². The number of carbonyl (C=O) groups is 3. The molecule has 0 aliphatic carbocycles. The van der Waals surface area contributed by atoms with E-state index in [1.165, 1.54) is 24.3 Å². The van der Waals surface area contributed by atoms with Crippen molar-refractivity contribution in [3.63, 3.8) is 0 Å². The zero-order valence-corrected chi connectivity index (χ0v) is 19.5. The first kappa shape index (κ1) is 25.1. The lowest BCUT2D eigenvalue weighted by atomic mass is 10.2. The number of hydrogen-bond acceptors (Lipinski definition) is 3. The second-order valence-corrected chi connectivity index (χ2v) is 8.38. The van der Waals surface area contributed by atoms with Gasteiger partial charge in [0.1, 0.15) is 5.69 Å². The molecule has 0 fully saturated rings. The predicted molar refractivity (Wildman–Crippen MR) is 131 cm³/mol. The first-order chi connectivity index (χ1) is 17.0. The lowest BCUT2D eigenvalue weighted by Gasteiger charge is -2.13. The van der Waals surface area contributed by atoms with Gasteiger partial charge < -0.3 is 10.6 Å². The largest absolute Gasteiger partial charge is 0.416 e. The number of amides is 3. The Morgan fingerprint density at radius 2 is 1.44 bits per heavy atom. The molecule has 0 aliphatic heterocycles. The van der Waals surface area contributed by atoms with Gasteiger partial charge in [-0.15, -0.1) is 0 Å². The van der Waals surface area contributed by atoms with Crippen LogP contribution in [0, 0.1) is 0 Å². The van der Waals surface area contributed by atoms with Gasteiger partial charge in [0, 0.05) is 26.8 Å². The first-order valence-corrected chi connectivity index (χ1v) is 10.9. The highest BCUT2D eigenvalue weighted by atomic mass is 35.5. The summed E-state index contributed by atoms with van der Waals surface area (Å²) in [5, 5.41) is 6.10. The lowest BCUT2D eigenvalue weighted by Crippen LogP contribution is -2.36. The van der Waals surface area contributed by atoms with Crippen molar-refractivity contribution in [3.05, 3.63) is 94.1 Å². The maximum Gasteiger partial charge on any atom is 0.416 e. The Kier molecular flexibility index (Phi) is 6.91. The third-order valence-corrected chi connectivity index (χ3v) is 5.45. The van der Waals surface area contributed by atoms with Crippen LogP contribution in [-0.4, -0.2) is 22.4 Å². The van der Waals surface area contributed by atoms with Crippen LogP contribution < -0.4 is 16.1 Å². The van der Waals surface area contributed by atoms with Crippen LogP contribution in [0.25, 0.3) is 10.9 Å². The molecule has 1 aromatic heterocycles. The zero-order valence-electron chi connectivity index (χ0n) is 18.0. The smallest absolute Gasteiger partial charge is 0.321 e. The summed E-state index contributed by atoms with van der Waals surface area (Å²) in [5.41, 5.74) is 1.83. The van der Waals surface area contributed by atoms with Crippen molar-refractivity contribution in [1.82, 2.24) is 4.68 Å². The number of nitrogens with one attached hydrogen (secondary N) is 3. The van der Waals surface area contributed by atoms with Gasteiger partial charge in [-0.2, -0.15) is 13.2 Å². The van der Waals surface area contributed by atoms with Crippen LogP contribution in [-0.2, 0) is 15.8 Å². The molecule has 7 nitrogen and oxygen atoms in total. The molecule has 4 aromatic rings. The Morgan fingerprint density at radius 3 is 2.14 bits per heavy atom. The van der Waals surface area contributed by atoms with Gasteiger partial charge in [-0.05, 0) is 66.7 Å². The molecule has 184 valence electrons. The number of rotatable bonds is 4. The van der Waals surface area contributed by atoms with Crippen LogP contribution in [0.15, 0.2) is 72.8 Å². The molecule has 3 N–H and O–H groups in total. The average Bonchev–Trinajstić information content (AvgIpc) is 3.17. The van der Waals surface area contributed by atoms with Gasteiger partial charge in [0.2, 0.25) is 0 Å². The van der Waals surface area contributed by atoms with E-state index in [9.17, 15) is 27.6 Å². The van der Waals surface area contributed by atoms with Crippen molar-refractivity contribution in [2.24, 2.45) is 0 Å². The Balaban J connectivity index is 1.60. The van der Waals surface area contributed by atoms with E-state index in [2.05, 4.69) is 16.1 Å². The Labute approximate surface area is 211 Å². The van der Waals surface area contributed by atoms with Crippen molar-refractivity contribution < 1.29 is 27.6 Å². The maximum absolute atomic E-state index is 13.0. The highest BCUT2D eigenvalue weighted by Gasteiger charge is 2.30. The maximum atomic E-state index is 13.0. The molecular weight excluding hydrogens is 520 g/mol. The Morgan fingerprint density at radius 1 is 0.750 bits per heavy atom. The highest BCUT2D eigenvalue weighted by Crippen LogP contribution is 2.30. The van der Waals surface area contributed by atoms with Crippen molar-refractivity contribution in [1.29, 1.82) is 0 Å². The summed E-state index contributed by atoms with van der Waals surface area (Å²) in [6, 6.07) is 16.2. The monoisotopic (exact) mass is 534 g/mol. The molecular formula is C24H15Cl2F3N4O3. The molecule has 4 rings (SSSR count). The molecule has 12 heteroatoms. The van der Waals surface area contributed by atoms with Crippen molar-refractivity contribution in [3.8, 4) is 0 Å². The van der Waals surface area contributed by atoms with Gasteiger partial charge in [0.25, 0.3) is 5.91 Å². The van der Waals surface area contributed by atoms with E-state index in [0.29, 0.717) is 32.7 Å². The minimum Gasteiger partial charge on any atom is -0.321 e. The number of hydrogen-bond donors (Lipinski definition) is 3. The molecule has 1 heterocycles. The molecule has 0 saturated heterocycles. The third kappa shape index (κ3) is 5.61. The van der Waals surface area contributed by atoms with Gasteiger partial charge in [0.05, 0.1) is 11.1 Å². The minimum absolute atomic E-state index is 0.0394. The number of nitrogens with zero attached hydrogens (tertiary/aromatic N) is 1. The van der Waals surface area contributed by atoms with Crippen molar-refractivity contribution in [2.45, 2.75) is 6.18 Å². The molecule has 0 unspecified atom stereocenters. The van der Waals surface area contributed by atoms with Gasteiger partial charge in [-0.25, -0.2) is 4.68 Å². The van der Waals surface area contributed by atoms with Crippen LogP contribution in [0.1, 0.15) is 16.1 Å². The van der Waals surface area contributed by atoms with Gasteiger partial charge in [0.15, 0.2) is 0 Å². The normalized spacial score (nSPS) is 11.2. The van der Waals surface area contributed by atoms with E-state index < -0.39 is 29.5 Å². The van der Waals surface area contributed by atoms with Gasteiger partial charge in [-0.1, -0.05) is 29.3 Å². The summed E-state index contributed by atoms with van der Waals surface area (Å²) in [5.74, 6) is -3.09. The molecule has 36 heavy (non-hydrogen) atoms. The second-order valence-electron chi connectivity index (χ2n) is 7.50. The lowest BCUT2D eigenvalue weighted by molar-refractivity contribution is -0.137. The molecule has 0 spiro atoms. The number of halogens is 5. The average molecular weight is 535 g/mol. The van der Waals surface area contributed by atoms with E-state index in [1.807, 2.05) is 0 Å². The standard InChI is InChI=1S/C24H15Cl2F3N4O3/c25-15-4-7-17(8-5-15)30-21(34)20-11-13-10-16(26)6-9-19(13)33(20)32-23(36)22(35)31-18-3-1-2-14(12-18)24(27,28)29/h1-12H,(H,30,34)(H,31,35)(H,32,36). The van der Waals surface area contributed by atoms with Crippen molar-refractivity contribution >= 4 is 63.2 Å². The SMILES string of the molecule is O=C(Nc1cccc(C(F)(F)F)c1)C(=O)Nn1c(C(=O)Nc2ccc(Cl)cc2)cc2cc(Cl)ccc21. The van der Waals surface area contributed by atoms with E-state index >= 15 is 0 Å². The summed E-state index contributed by atoms with van der Waals surface area (Å²) in [6.07, 6.45) is -4.62. The number of fused-ring (bicyclic) bond motifs is 1. The number of alkyl halides is 3. The first-order valence-electron chi connectivity index (χ1n) is 10.2. The van der Waals surface area contributed by atoms with Crippen LogP contribution >= 0.6 is 23.2 Å². The third-order valence-electron chi connectivity index (χ3n) is 4.97. The number of carbonyl (C=O) groups excluding carboxylic acids is 3. The zero-order chi connectivity index (χ0) is 26.0. The number of anilines is 2. The highest BCUT2D eigenvalue weighted by molar-refractivity contribution is 6.42. The van der Waals surface area contributed by atoms with Gasteiger partial charge >= 0.3 is 18.0 Å². The predicted octanol–water partition coefficient (Wildman–Crippen LogP) is 5.93. The van der Waals surface area contributed by atoms with Gasteiger partial charge in [-0.3, -0.25) is 19.8 Å². The molecule has 0 atom stereocenters. The topological polar surface area (TPSA) is 92.2 Å². The van der Waals surface area contributed by atoms with E-state index in [1.54, 1.807) is 30.3 Å². The van der Waals surface area contributed by atoms with E-state index in [-0.39, 0.29) is 11.4 Å². The summed E-state index contributed by atoms with van der Waals surface area (Å²) < 4.78 is 39.9. The van der Waals surface area contributed by atoms with E-state index in [4.69, 9.17) is 23.2 Å². The van der Waals surface area contributed by atoms with Crippen LogP contribution in [0.4, 0.5) is 24.5 Å². The summed E-state index contributed by atoms with van der Waals surface area (Å²) in [4.78, 5) is 38.1. The number of aromatic nitrogens is 1. The Bertz CT molecular complexity index is 1480.